The van der Waals surface area contributed by atoms with Gasteiger partial charge in [0.2, 0.25) is 0 Å². The monoisotopic (exact) mass is 434 g/mol. The van der Waals surface area contributed by atoms with Crippen molar-refractivity contribution < 1.29 is 19.1 Å². The van der Waals surface area contributed by atoms with E-state index in [9.17, 15) is 9.59 Å². The predicted molar refractivity (Wildman–Crippen MR) is 129 cm³/mol. The zero-order valence-electron chi connectivity index (χ0n) is 20.1. The highest BCUT2D eigenvalue weighted by atomic mass is 16.5. The predicted octanol–water partition coefficient (Wildman–Crippen LogP) is 5.99. The van der Waals surface area contributed by atoms with E-state index in [0.29, 0.717) is 35.8 Å². The molecule has 0 saturated heterocycles. The third kappa shape index (κ3) is 10.7. The molecule has 0 saturated carbocycles. The van der Waals surface area contributed by atoms with E-state index in [1.54, 1.807) is 32.0 Å². The van der Waals surface area contributed by atoms with Crippen molar-refractivity contribution in [1.82, 2.24) is 0 Å². The molecular weight excluding hydrogens is 400 g/mol. The maximum atomic E-state index is 12.7. The van der Waals surface area contributed by atoms with Gasteiger partial charge >= 0.3 is 11.9 Å². The first kappa shape index (κ1) is 26.8. The fraction of sp³-hybridized carbons (Fsp3) is 0.429. The normalized spacial score (nSPS) is 12.0. The van der Waals surface area contributed by atoms with Gasteiger partial charge in [-0.25, -0.2) is 9.59 Å². The maximum absolute atomic E-state index is 12.7. The lowest BCUT2D eigenvalue weighted by molar-refractivity contribution is 0.0376. The molecular formula is C28H34O4. The molecule has 1 aromatic carbocycles. The summed E-state index contributed by atoms with van der Waals surface area (Å²) in [7, 11) is 0. The number of carbonyl (C=O) groups excluding carboxylic acids is 2. The van der Waals surface area contributed by atoms with E-state index < -0.39 is 24.1 Å². The summed E-state index contributed by atoms with van der Waals surface area (Å²) >= 11 is 0. The van der Waals surface area contributed by atoms with Crippen molar-refractivity contribution in [2.75, 3.05) is 0 Å². The van der Waals surface area contributed by atoms with Gasteiger partial charge in [-0.15, -0.1) is 0 Å². The minimum atomic E-state index is -0.553. The molecule has 0 aliphatic heterocycles. The summed E-state index contributed by atoms with van der Waals surface area (Å²) in [6, 6.07) is 6.30. The first-order chi connectivity index (χ1) is 15.0. The molecule has 0 heterocycles. The van der Waals surface area contributed by atoms with Crippen LogP contribution in [0.15, 0.2) is 48.6 Å². The van der Waals surface area contributed by atoms with Crippen molar-refractivity contribution in [2.24, 2.45) is 11.8 Å². The molecule has 0 bridgehead atoms. The topological polar surface area (TPSA) is 52.6 Å². The van der Waals surface area contributed by atoms with Crippen LogP contribution in [0.1, 0.15) is 75.1 Å². The van der Waals surface area contributed by atoms with Crippen LogP contribution in [0.5, 0.6) is 0 Å². The van der Waals surface area contributed by atoms with Crippen LogP contribution in [0.25, 0.3) is 0 Å². The number of allylic oxidation sites excluding steroid dienone is 2. The number of esters is 2. The fourth-order valence-electron chi connectivity index (χ4n) is 2.70. The SMILES string of the molecule is C=C(C)C#CC(CC(C)C)OC(=O)c1cccc(C(=O)OC(C#CC(=C)C)CC(C)C)c1. The fourth-order valence-corrected chi connectivity index (χ4v) is 2.70. The average Bonchev–Trinajstić information content (AvgIpc) is 2.69. The van der Waals surface area contributed by atoms with Crippen LogP contribution in [0.4, 0.5) is 0 Å². The minimum Gasteiger partial charge on any atom is -0.446 e. The Balaban J connectivity index is 3.01. The van der Waals surface area contributed by atoms with Gasteiger partial charge in [0.25, 0.3) is 0 Å². The Hall–Kier alpha value is -3.24. The quantitative estimate of drug-likeness (QED) is 0.373. The molecule has 0 radical (unpaired) electrons. The molecule has 32 heavy (non-hydrogen) atoms. The molecule has 0 N–H and O–H groups in total. The lowest BCUT2D eigenvalue weighted by atomic mass is 10.1. The Morgan fingerprint density at radius 1 is 0.812 bits per heavy atom. The summed E-state index contributed by atoms with van der Waals surface area (Å²) in [5.41, 5.74) is 1.92. The lowest BCUT2D eigenvalue weighted by Gasteiger charge is -2.16. The number of carbonyl (C=O) groups is 2. The van der Waals surface area contributed by atoms with E-state index in [4.69, 9.17) is 9.47 Å². The minimum absolute atomic E-state index is 0.263. The van der Waals surface area contributed by atoms with Crippen LogP contribution in [0, 0.1) is 35.5 Å². The van der Waals surface area contributed by atoms with Crippen LogP contribution in [-0.2, 0) is 9.47 Å². The molecule has 0 aliphatic carbocycles. The van der Waals surface area contributed by atoms with Crippen molar-refractivity contribution in [2.45, 2.75) is 66.6 Å². The van der Waals surface area contributed by atoms with Gasteiger partial charge in [-0.3, -0.25) is 0 Å². The third-order valence-electron chi connectivity index (χ3n) is 4.10. The lowest BCUT2D eigenvalue weighted by Crippen LogP contribution is -2.20. The molecule has 4 heteroatoms. The first-order valence-electron chi connectivity index (χ1n) is 10.8. The smallest absolute Gasteiger partial charge is 0.339 e. The van der Waals surface area contributed by atoms with E-state index in [1.165, 1.54) is 6.07 Å². The summed E-state index contributed by atoms with van der Waals surface area (Å²) in [5, 5.41) is 0. The van der Waals surface area contributed by atoms with Crippen LogP contribution >= 0.6 is 0 Å². The molecule has 1 rings (SSSR count). The van der Waals surface area contributed by atoms with E-state index in [-0.39, 0.29) is 11.1 Å². The van der Waals surface area contributed by atoms with Gasteiger partial charge in [0.15, 0.2) is 12.2 Å². The number of rotatable bonds is 8. The summed E-state index contributed by atoms with van der Waals surface area (Å²) in [4.78, 5) is 25.4. The van der Waals surface area contributed by atoms with Crippen molar-refractivity contribution in [3.63, 3.8) is 0 Å². The largest absolute Gasteiger partial charge is 0.446 e. The number of ether oxygens (including phenoxy) is 2. The van der Waals surface area contributed by atoms with Crippen LogP contribution in [0.2, 0.25) is 0 Å². The van der Waals surface area contributed by atoms with Gasteiger partial charge in [0.1, 0.15) is 0 Å². The molecule has 0 aromatic heterocycles. The average molecular weight is 435 g/mol. The van der Waals surface area contributed by atoms with Gasteiger partial charge in [-0.05, 0) is 67.9 Å². The summed E-state index contributed by atoms with van der Waals surface area (Å²) in [5.74, 6) is 11.2. The highest BCUT2D eigenvalue weighted by Gasteiger charge is 2.19. The van der Waals surface area contributed by atoms with Crippen LogP contribution in [-0.4, -0.2) is 24.1 Å². The molecule has 0 fully saturated rings. The number of hydrogen-bond acceptors (Lipinski definition) is 4. The van der Waals surface area contributed by atoms with Gasteiger partial charge < -0.3 is 9.47 Å². The van der Waals surface area contributed by atoms with Gasteiger partial charge in [-0.1, -0.05) is 70.6 Å². The van der Waals surface area contributed by atoms with Gasteiger partial charge in [-0.2, -0.15) is 0 Å². The molecule has 0 spiro atoms. The van der Waals surface area contributed by atoms with Gasteiger partial charge in [0, 0.05) is 0 Å². The van der Waals surface area contributed by atoms with Crippen molar-refractivity contribution in [3.8, 4) is 23.7 Å². The molecule has 2 unspecified atom stereocenters. The van der Waals surface area contributed by atoms with Crippen LogP contribution < -0.4 is 0 Å². The zero-order chi connectivity index (χ0) is 24.3. The van der Waals surface area contributed by atoms with E-state index in [0.717, 1.165) is 0 Å². The number of hydrogen-bond donors (Lipinski definition) is 0. The third-order valence-corrected chi connectivity index (χ3v) is 4.10. The molecule has 1 aromatic rings. The second-order valence-electron chi connectivity index (χ2n) is 8.73. The Morgan fingerprint density at radius 3 is 1.50 bits per heavy atom. The Morgan fingerprint density at radius 2 is 1.19 bits per heavy atom. The summed E-state index contributed by atoms with van der Waals surface area (Å²) in [6.45, 7) is 19.2. The summed E-state index contributed by atoms with van der Waals surface area (Å²) in [6.07, 6.45) is 0.100. The van der Waals surface area contributed by atoms with Crippen molar-refractivity contribution in [1.29, 1.82) is 0 Å². The number of benzene rings is 1. The van der Waals surface area contributed by atoms with Crippen molar-refractivity contribution >= 4 is 11.9 Å². The highest BCUT2D eigenvalue weighted by Crippen LogP contribution is 2.15. The van der Waals surface area contributed by atoms with Crippen molar-refractivity contribution in [3.05, 3.63) is 59.7 Å². The highest BCUT2D eigenvalue weighted by molar-refractivity contribution is 5.95. The van der Waals surface area contributed by atoms with E-state index >= 15 is 0 Å². The van der Waals surface area contributed by atoms with E-state index in [1.807, 2.05) is 27.7 Å². The second kappa shape index (κ2) is 13.2. The van der Waals surface area contributed by atoms with Crippen LogP contribution in [0.3, 0.4) is 0 Å². The zero-order valence-corrected chi connectivity index (χ0v) is 20.1. The van der Waals surface area contributed by atoms with E-state index in [2.05, 4.69) is 36.8 Å². The standard InChI is InChI=1S/C28H34O4/c1-19(2)12-14-25(16-21(5)6)31-27(29)23-10-9-11-24(18-23)28(30)32-26(17-22(7)8)15-13-20(3)4/h9-11,18,21-22,25-26H,1,3,16-17H2,2,4-8H3. The molecule has 0 aliphatic rings. The molecule has 4 nitrogen and oxygen atoms in total. The molecule has 0 amide bonds. The van der Waals surface area contributed by atoms with Gasteiger partial charge in [0.05, 0.1) is 11.1 Å². The Bertz CT molecular complexity index is 885. The first-order valence-corrected chi connectivity index (χ1v) is 10.8. The Kier molecular flexibility index (Phi) is 11.1. The Labute approximate surface area is 193 Å². The maximum Gasteiger partial charge on any atom is 0.339 e. The summed E-state index contributed by atoms with van der Waals surface area (Å²) < 4.78 is 11.2. The second-order valence-corrected chi connectivity index (χ2v) is 8.73. The molecule has 2 atom stereocenters. The molecule has 170 valence electrons.